The zero-order valence-corrected chi connectivity index (χ0v) is 12.1. The lowest BCUT2D eigenvalue weighted by Crippen LogP contribution is -2.42. The molecule has 0 spiro atoms. The van der Waals surface area contributed by atoms with Crippen LogP contribution in [0.15, 0.2) is 24.3 Å². The summed E-state index contributed by atoms with van der Waals surface area (Å²) in [6, 6.07) is 6.46. The van der Waals surface area contributed by atoms with Gasteiger partial charge in [-0.2, -0.15) is 0 Å². The van der Waals surface area contributed by atoms with Crippen LogP contribution < -0.4 is 0 Å². The number of nitrogens with zero attached hydrogens (tertiary/aromatic N) is 1. The average molecular weight is 279 g/mol. The zero-order valence-electron chi connectivity index (χ0n) is 12.1. The molecule has 0 heterocycles. The summed E-state index contributed by atoms with van der Waals surface area (Å²) < 4.78 is 0. The summed E-state index contributed by atoms with van der Waals surface area (Å²) in [7, 11) is 0. The van der Waals surface area contributed by atoms with E-state index in [0.29, 0.717) is 12.1 Å². The number of hydrogen-bond donors (Lipinski definition) is 2. The molecule has 0 bridgehead atoms. The summed E-state index contributed by atoms with van der Waals surface area (Å²) in [5.74, 6) is -1.23. The fraction of sp³-hybridized carbons (Fsp3) is 0.467. The van der Waals surface area contributed by atoms with Crippen LogP contribution in [0.2, 0.25) is 0 Å². The Labute approximate surface area is 118 Å². The predicted molar refractivity (Wildman–Crippen MR) is 75.7 cm³/mol. The summed E-state index contributed by atoms with van der Waals surface area (Å²) in [5, 5.41) is 18.9. The van der Waals surface area contributed by atoms with Gasteiger partial charge in [0.25, 0.3) is 0 Å². The first-order chi connectivity index (χ1) is 9.24. The van der Waals surface area contributed by atoms with Gasteiger partial charge in [0.15, 0.2) is 0 Å². The van der Waals surface area contributed by atoms with Gasteiger partial charge in [-0.15, -0.1) is 0 Å². The van der Waals surface area contributed by atoms with Crippen LogP contribution in [-0.2, 0) is 11.2 Å². The minimum Gasteiger partial charge on any atom is -0.478 e. The van der Waals surface area contributed by atoms with Gasteiger partial charge >= 0.3 is 5.97 Å². The maximum absolute atomic E-state index is 12.2. The van der Waals surface area contributed by atoms with E-state index in [-0.39, 0.29) is 24.4 Å². The van der Waals surface area contributed by atoms with Crippen molar-refractivity contribution in [2.75, 3.05) is 13.1 Å². The molecule has 0 aromatic heterocycles. The van der Waals surface area contributed by atoms with Crippen LogP contribution in [0.4, 0.5) is 0 Å². The quantitative estimate of drug-likeness (QED) is 0.828. The molecule has 5 heteroatoms. The van der Waals surface area contributed by atoms with E-state index >= 15 is 0 Å². The maximum atomic E-state index is 12.2. The highest BCUT2D eigenvalue weighted by Crippen LogP contribution is 2.12. The summed E-state index contributed by atoms with van der Waals surface area (Å²) in [5.41, 5.74) is -0.350. The van der Waals surface area contributed by atoms with Crippen molar-refractivity contribution in [2.45, 2.75) is 32.8 Å². The van der Waals surface area contributed by atoms with Crippen molar-refractivity contribution in [1.82, 2.24) is 4.90 Å². The third kappa shape index (κ3) is 4.66. The predicted octanol–water partition coefficient (Wildman–Crippen LogP) is 1.55. The number of carboxylic acids is 1. The molecule has 0 aliphatic heterocycles. The molecule has 0 radical (unpaired) electrons. The van der Waals surface area contributed by atoms with Gasteiger partial charge < -0.3 is 15.1 Å². The van der Waals surface area contributed by atoms with E-state index in [0.717, 1.165) is 0 Å². The van der Waals surface area contributed by atoms with Crippen LogP contribution in [0.25, 0.3) is 0 Å². The second-order valence-electron chi connectivity index (χ2n) is 5.36. The van der Waals surface area contributed by atoms with E-state index in [1.54, 1.807) is 32.0 Å². The Morgan fingerprint density at radius 1 is 1.25 bits per heavy atom. The Kier molecular flexibility index (Phi) is 5.27. The lowest BCUT2D eigenvalue weighted by atomic mass is 10.0. The molecule has 5 nitrogen and oxygen atoms in total. The molecule has 1 amide bonds. The van der Waals surface area contributed by atoms with Crippen LogP contribution >= 0.6 is 0 Å². The number of amides is 1. The van der Waals surface area contributed by atoms with Crippen molar-refractivity contribution < 1.29 is 19.8 Å². The molecular weight excluding hydrogens is 258 g/mol. The lowest BCUT2D eigenvalue weighted by Gasteiger charge is -2.28. The molecule has 20 heavy (non-hydrogen) atoms. The number of carbonyl (C=O) groups is 2. The third-order valence-electron chi connectivity index (χ3n) is 2.90. The average Bonchev–Trinajstić information content (AvgIpc) is 2.35. The Balaban J connectivity index is 2.87. The summed E-state index contributed by atoms with van der Waals surface area (Å²) in [6.07, 6.45) is 0.0202. The van der Waals surface area contributed by atoms with Crippen molar-refractivity contribution >= 4 is 11.9 Å². The highest BCUT2D eigenvalue weighted by molar-refractivity contribution is 5.91. The Bertz CT molecular complexity index is 491. The molecule has 110 valence electrons. The molecule has 0 aliphatic carbocycles. The zero-order chi connectivity index (χ0) is 15.3. The molecular formula is C15H21NO4. The van der Waals surface area contributed by atoms with E-state index in [4.69, 9.17) is 5.11 Å². The van der Waals surface area contributed by atoms with Crippen molar-refractivity contribution in [3.63, 3.8) is 0 Å². The molecule has 1 rings (SSSR count). The number of benzene rings is 1. The topological polar surface area (TPSA) is 77.8 Å². The first-order valence-electron chi connectivity index (χ1n) is 6.56. The van der Waals surface area contributed by atoms with Gasteiger partial charge in [-0.05, 0) is 32.4 Å². The van der Waals surface area contributed by atoms with Gasteiger partial charge in [0.2, 0.25) is 5.91 Å². The molecule has 1 aromatic carbocycles. The van der Waals surface area contributed by atoms with E-state index in [1.807, 2.05) is 6.92 Å². The Hall–Kier alpha value is -1.88. The van der Waals surface area contributed by atoms with Crippen LogP contribution in [0.5, 0.6) is 0 Å². The standard InChI is InChI=1S/C15H21NO4/c1-4-16(10-15(2,3)20)13(17)9-11-7-5-6-8-12(11)14(18)19/h5-8,20H,4,9-10H2,1-3H3,(H,18,19). The normalized spacial score (nSPS) is 11.2. The van der Waals surface area contributed by atoms with Gasteiger partial charge in [0.1, 0.15) is 0 Å². The van der Waals surface area contributed by atoms with E-state index < -0.39 is 11.6 Å². The Morgan fingerprint density at radius 3 is 2.35 bits per heavy atom. The number of likely N-dealkylation sites (N-methyl/N-ethyl adjacent to an activating group) is 1. The third-order valence-corrected chi connectivity index (χ3v) is 2.90. The second kappa shape index (κ2) is 6.52. The van der Waals surface area contributed by atoms with Crippen LogP contribution in [0.1, 0.15) is 36.7 Å². The van der Waals surface area contributed by atoms with E-state index in [1.165, 1.54) is 11.0 Å². The summed E-state index contributed by atoms with van der Waals surface area (Å²) in [6.45, 7) is 5.78. The number of carboxylic acid groups (broad SMARTS) is 1. The monoisotopic (exact) mass is 279 g/mol. The molecule has 0 unspecified atom stereocenters. The number of rotatable bonds is 6. The molecule has 0 saturated heterocycles. The van der Waals surface area contributed by atoms with Crippen LogP contribution in [0, 0.1) is 0 Å². The minimum absolute atomic E-state index is 0.0202. The van der Waals surface area contributed by atoms with Gasteiger partial charge in [0.05, 0.1) is 17.6 Å². The highest BCUT2D eigenvalue weighted by atomic mass is 16.4. The number of aromatic carboxylic acids is 1. The van der Waals surface area contributed by atoms with Gasteiger partial charge in [0, 0.05) is 13.1 Å². The summed E-state index contributed by atoms with van der Waals surface area (Å²) in [4.78, 5) is 24.9. The summed E-state index contributed by atoms with van der Waals surface area (Å²) >= 11 is 0. The number of hydrogen-bond acceptors (Lipinski definition) is 3. The number of carbonyl (C=O) groups excluding carboxylic acids is 1. The largest absolute Gasteiger partial charge is 0.478 e. The van der Waals surface area contributed by atoms with Gasteiger partial charge in [-0.25, -0.2) is 4.79 Å². The first-order valence-corrected chi connectivity index (χ1v) is 6.56. The van der Waals surface area contributed by atoms with Crippen LogP contribution in [-0.4, -0.2) is 45.7 Å². The SMILES string of the molecule is CCN(CC(C)(C)O)C(=O)Cc1ccccc1C(=O)O. The van der Waals surface area contributed by atoms with Gasteiger partial charge in [-0.3, -0.25) is 4.79 Å². The fourth-order valence-corrected chi connectivity index (χ4v) is 2.00. The molecule has 1 aromatic rings. The first kappa shape index (κ1) is 16.2. The van der Waals surface area contributed by atoms with Crippen molar-refractivity contribution in [3.8, 4) is 0 Å². The molecule has 0 atom stereocenters. The van der Waals surface area contributed by atoms with Crippen LogP contribution in [0.3, 0.4) is 0 Å². The van der Waals surface area contributed by atoms with E-state index in [9.17, 15) is 14.7 Å². The number of aliphatic hydroxyl groups is 1. The molecule has 0 fully saturated rings. The van der Waals surface area contributed by atoms with Crippen molar-refractivity contribution in [2.24, 2.45) is 0 Å². The molecule has 0 aliphatic rings. The highest BCUT2D eigenvalue weighted by Gasteiger charge is 2.22. The van der Waals surface area contributed by atoms with Crippen molar-refractivity contribution in [3.05, 3.63) is 35.4 Å². The fourth-order valence-electron chi connectivity index (χ4n) is 2.00. The molecule has 0 saturated carbocycles. The lowest BCUT2D eigenvalue weighted by molar-refractivity contribution is -0.133. The molecule has 2 N–H and O–H groups in total. The second-order valence-corrected chi connectivity index (χ2v) is 5.36. The van der Waals surface area contributed by atoms with Crippen molar-refractivity contribution in [1.29, 1.82) is 0 Å². The minimum atomic E-state index is -1.04. The smallest absolute Gasteiger partial charge is 0.335 e. The maximum Gasteiger partial charge on any atom is 0.335 e. The van der Waals surface area contributed by atoms with Gasteiger partial charge in [-0.1, -0.05) is 18.2 Å². The van der Waals surface area contributed by atoms with E-state index in [2.05, 4.69) is 0 Å². The Morgan fingerprint density at radius 2 is 1.85 bits per heavy atom.